The van der Waals surface area contributed by atoms with Crippen molar-refractivity contribution in [3.05, 3.63) is 45.5 Å². The van der Waals surface area contributed by atoms with Crippen molar-refractivity contribution in [2.24, 2.45) is 0 Å². The second-order valence-electron chi connectivity index (χ2n) is 3.11. The van der Waals surface area contributed by atoms with E-state index < -0.39 is 0 Å². The van der Waals surface area contributed by atoms with Crippen LogP contribution in [0, 0.1) is 0 Å². The molecule has 0 amide bonds. The molecule has 0 saturated heterocycles. The molecule has 0 fully saturated rings. The van der Waals surface area contributed by atoms with Crippen LogP contribution in [0.25, 0.3) is 0 Å². The number of aromatic nitrogens is 1. The third-order valence-corrected chi connectivity index (χ3v) is 2.87. The average Bonchev–Trinajstić information content (AvgIpc) is 2.25. The first kappa shape index (κ1) is 11.4. The number of nitrogens with zero attached hydrogens (tertiary/aromatic N) is 1. The number of hydrogen-bond donors (Lipinski definition) is 1. The predicted molar refractivity (Wildman–Crippen MR) is 70.6 cm³/mol. The van der Waals surface area contributed by atoms with Crippen LogP contribution in [0.1, 0.15) is 0 Å². The lowest BCUT2D eigenvalue weighted by Crippen LogP contribution is -1.90. The predicted octanol–water partition coefficient (Wildman–Crippen LogP) is 3.98. The van der Waals surface area contributed by atoms with Crippen molar-refractivity contribution in [3.8, 4) is 11.6 Å². The molecular formula is C11H8Br2N2O. The first-order chi connectivity index (χ1) is 7.65. The van der Waals surface area contributed by atoms with Gasteiger partial charge in [0.15, 0.2) is 0 Å². The maximum atomic E-state index is 5.58. The van der Waals surface area contributed by atoms with E-state index >= 15 is 0 Å². The monoisotopic (exact) mass is 342 g/mol. The lowest BCUT2D eigenvalue weighted by atomic mass is 10.3. The number of benzene rings is 1. The van der Waals surface area contributed by atoms with E-state index in [-0.39, 0.29) is 0 Å². The van der Waals surface area contributed by atoms with Gasteiger partial charge in [0.1, 0.15) is 5.75 Å². The summed E-state index contributed by atoms with van der Waals surface area (Å²) in [4.78, 5) is 4.15. The summed E-state index contributed by atoms with van der Waals surface area (Å²) in [6.45, 7) is 0. The van der Waals surface area contributed by atoms with Crippen molar-refractivity contribution in [2.75, 3.05) is 5.73 Å². The third-order valence-electron chi connectivity index (χ3n) is 1.87. The molecule has 0 atom stereocenters. The van der Waals surface area contributed by atoms with E-state index in [1.165, 1.54) is 0 Å². The van der Waals surface area contributed by atoms with E-state index in [9.17, 15) is 0 Å². The highest BCUT2D eigenvalue weighted by Crippen LogP contribution is 2.29. The van der Waals surface area contributed by atoms with Gasteiger partial charge in [-0.1, -0.05) is 0 Å². The number of hydrogen-bond acceptors (Lipinski definition) is 3. The Balaban J connectivity index is 2.23. The highest BCUT2D eigenvalue weighted by Gasteiger charge is 2.04. The topological polar surface area (TPSA) is 48.1 Å². The lowest BCUT2D eigenvalue weighted by Gasteiger charge is -2.06. The van der Waals surface area contributed by atoms with Gasteiger partial charge in [0.2, 0.25) is 5.88 Å². The van der Waals surface area contributed by atoms with E-state index in [2.05, 4.69) is 36.8 Å². The fourth-order valence-electron chi connectivity index (χ4n) is 1.12. The molecule has 16 heavy (non-hydrogen) atoms. The largest absolute Gasteiger partial charge is 0.438 e. The van der Waals surface area contributed by atoms with Gasteiger partial charge in [0.05, 0.1) is 4.47 Å². The molecule has 1 aromatic heterocycles. The van der Waals surface area contributed by atoms with Gasteiger partial charge in [-0.05, 0) is 62.2 Å². The van der Waals surface area contributed by atoms with Crippen LogP contribution in [0.4, 0.5) is 5.69 Å². The molecule has 2 rings (SSSR count). The standard InChI is InChI=1S/C11H8Br2N2O/c12-7-5-10(13)11(15-6-7)16-9-3-1-8(14)2-4-9/h1-6H,14H2. The zero-order valence-corrected chi connectivity index (χ0v) is 11.3. The summed E-state index contributed by atoms with van der Waals surface area (Å²) < 4.78 is 7.27. The van der Waals surface area contributed by atoms with Gasteiger partial charge in [-0.25, -0.2) is 4.98 Å². The van der Waals surface area contributed by atoms with Crippen LogP contribution in [0.3, 0.4) is 0 Å². The Labute approximate surface area is 110 Å². The SMILES string of the molecule is Nc1ccc(Oc2ncc(Br)cc2Br)cc1. The molecule has 0 aliphatic heterocycles. The Bertz CT molecular complexity index is 500. The van der Waals surface area contributed by atoms with Crippen LogP contribution >= 0.6 is 31.9 Å². The second-order valence-corrected chi connectivity index (χ2v) is 4.88. The minimum absolute atomic E-state index is 0.521. The fourth-order valence-corrected chi connectivity index (χ4v) is 2.19. The van der Waals surface area contributed by atoms with Crippen LogP contribution < -0.4 is 10.5 Å². The van der Waals surface area contributed by atoms with Crippen LogP contribution in [-0.4, -0.2) is 4.98 Å². The first-order valence-electron chi connectivity index (χ1n) is 4.49. The molecule has 3 nitrogen and oxygen atoms in total. The van der Waals surface area contributed by atoms with Crippen molar-refractivity contribution in [3.63, 3.8) is 0 Å². The van der Waals surface area contributed by atoms with Crippen molar-refractivity contribution in [2.45, 2.75) is 0 Å². The molecule has 82 valence electrons. The quantitative estimate of drug-likeness (QED) is 0.839. The number of nitrogens with two attached hydrogens (primary N) is 1. The zero-order chi connectivity index (χ0) is 11.5. The molecule has 1 aromatic carbocycles. The Kier molecular flexibility index (Phi) is 3.46. The first-order valence-corrected chi connectivity index (χ1v) is 6.08. The van der Waals surface area contributed by atoms with E-state index in [4.69, 9.17) is 10.5 Å². The molecule has 0 saturated carbocycles. The normalized spacial score (nSPS) is 10.1. The van der Waals surface area contributed by atoms with Crippen LogP contribution in [-0.2, 0) is 0 Å². The summed E-state index contributed by atoms with van der Waals surface area (Å²) in [6.07, 6.45) is 1.68. The van der Waals surface area contributed by atoms with Crippen molar-refractivity contribution in [1.29, 1.82) is 0 Å². The van der Waals surface area contributed by atoms with Gasteiger partial charge >= 0.3 is 0 Å². The van der Waals surface area contributed by atoms with Crippen LogP contribution in [0.15, 0.2) is 45.5 Å². The van der Waals surface area contributed by atoms with Gasteiger partial charge in [0.25, 0.3) is 0 Å². The zero-order valence-electron chi connectivity index (χ0n) is 8.15. The molecule has 0 radical (unpaired) electrons. The van der Waals surface area contributed by atoms with E-state index in [0.717, 1.165) is 8.95 Å². The van der Waals surface area contributed by atoms with E-state index in [1.807, 2.05) is 6.07 Å². The molecule has 0 spiro atoms. The highest BCUT2D eigenvalue weighted by atomic mass is 79.9. The van der Waals surface area contributed by atoms with Gasteiger partial charge in [-0.2, -0.15) is 0 Å². The summed E-state index contributed by atoms with van der Waals surface area (Å²) >= 11 is 6.70. The highest BCUT2D eigenvalue weighted by molar-refractivity contribution is 9.11. The summed E-state index contributed by atoms with van der Waals surface area (Å²) in [5.41, 5.74) is 6.29. The van der Waals surface area contributed by atoms with Gasteiger partial charge in [-0.15, -0.1) is 0 Å². The Hall–Kier alpha value is -1.07. The third kappa shape index (κ3) is 2.74. The molecule has 2 N–H and O–H groups in total. The number of ether oxygens (including phenoxy) is 1. The fraction of sp³-hybridized carbons (Fsp3) is 0. The molecule has 0 aliphatic rings. The van der Waals surface area contributed by atoms with Gasteiger partial charge < -0.3 is 10.5 Å². The van der Waals surface area contributed by atoms with Gasteiger partial charge in [0, 0.05) is 16.4 Å². The van der Waals surface area contributed by atoms with Gasteiger partial charge in [-0.3, -0.25) is 0 Å². The molecule has 0 unspecified atom stereocenters. The molecule has 2 aromatic rings. The van der Waals surface area contributed by atoms with Crippen molar-refractivity contribution in [1.82, 2.24) is 4.98 Å². The minimum Gasteiger partial charge on any atom is -0.438 e. The lowest BCUT2D eigenvalue weighted by molar-refractivity contribution is 0.459. The number of anilines is 1. The molecule has 0 bridgehead atoms. The number of rotatable bonds is 2. The Morgan fingerprint density at radius 1 is 1.12 bits per heavy atom. The summed E-state index contributed by atoms with van der Waals surface area (Å²) in [5.74, 6) is 1.22. The Morgan fingerprint density at radius 2 is 1.81 bits per heavy atom. The van der Waals surface area contributed by atoms with E-state index in [0.29, 0.717) is 17.3 Å². The molecular weight excluding hydrogens is 336 g/mol. The van der Waals surface area contributed by atoms with Crippen LogP contribution in [0.2, 0.25) is 0 Å². The van der Waals surface area contributed by atoms with Crippen molar-refractivity contribution < 1.29 is 4.74 Å². The average molecular weight is 344 g/mol. The Morgan fingerprint density at radius 3 is 2.44 bits per heavy atom. The number of pyridine rings is 1. The van der Waals surface area contributed by atoms with Crippen molar-refractivity contribution >= 4 is 37.5 Å². The maximum Gasteiger partial charge on any atom is 0.233 e. The second kappa shape index (κ2) is 4.84. The molecule has 1 heterocycles. The number of nitrogen functional groups attached to an aromatic ring is 1. The number of halogens is 2. The summed E-state index contributed by atoms with van der Waals surface area (Å²) in [7, 11) is 0. The molecule has 5 heteroatoms. The van der Waals surface area contributed by atoms with Crippen LogP contribution in [0.5, 0.6) is 11.6 Å². The summed E-state index contributed by atoms with van der Waals surface area (Å²) in [5, 5.41) is 0. The smallest absolute Gasteiger partial charge is 0.233 e. The maximum absolute atomic E-state index is 5.58. The summed E-state index contributed by atoms with van der Waals surface area (Å²) in [6, 6.07) is 9.03. The molecule has 0 aliphatic carbocycles. The minimum atomic E-state index is 0.521. The van der Waals surface area contributed by atoms with E-state index in [1.54, 1.807) is 30.5 Å².